The van der Waals surface area contributed by atoms with Crippen LogP contribution in [-0.2, 0) is 16.0 Å². The van der Waals surface area contributed by atoms with Crippen LogP contribution in [0.3, 0.4) is 0 Å². The van der Waals surface area contributed by atoms with E-state index >= 15 is 0 Å². The molecule has 0 atom stereocenters. The lowest BCUT2D eigenvalue weighted by atomic mass is 10.2. The zero-order chi connectivity index (χ0) is 23.5. The SMILES string of the molecule is CCc1ccccc1.COc1ccc(N2CCN(C(=O)CC(N)=O)CC2)cc1OC(F)F. The lowest BCUT2D eigenvalue weighted by Gasteiger charge is -2.36. The summed E-state index contributed by atoms with van der Waals surface area (Å²) >= 11 is 0. The molecule has 2 amide bonds. The van der Waals surface area contributed by atoms with Crippen LogP contribution in [0.4, 0.5) is 14.5 Å². The number of hydrogen-bond donors (Lipinski definition) is 1. The summed E-state index contributed by atoms with van der Waals surface area (Å²) in [6.45, 7) is 1.06. The number of primary amides is 1. The van der Waals surface area contributed by atoms with Gasteiger partial charge in [-0.1, -0.05) is 37.3 Å². The summed E-state index contributed by atoms with van der Waals surface area (Å²) in [6.07, 6.45) is 0.829. The van der Waals surface area contributed by atoms with Crippen LogP contribution in [0.5, 0.6) is 11.5 Å². The van der Waals surface area contributed by atoms with E-state index in [9.17, 15) is 18.4 Å². The van der Waals surface area contributed by atoms with Gasteiger partial charge in [-0.3, -0.25) is 9.59 Å². The molecule has 0 bridgehead atoms. The Labute approximate surface area is 186 Å². The van der Waals surface area contributed by atoms with Crippen LogP contribution in [0.25, 0.3) is 0 Å². The Kier molecular flexibility index (Phi) is 9.72. The van der Waals surface area contributed by atoms with Crippen LogP contribution < -0.4 is 20.1 Å². The third-order valence-electron chi connectivity index (χ3n) is 4.94. The number of methoxy groups -OCH3 is 1. The number of benzene rings is 2. The van der Waals surface area contributed by atoms with Gasteiger partial charge in [0.05, 0.1) is 7.11 Å². The highest BCUT2D eigenvalue weighted by molar-refractivity contribution is 5.96. The van der Waals surface area contributed by atoms with Gasteiger partial charge < -0.3 is 25.0 Å². The van der Waals surface area contributed by atoms with E-state index in [1.807, 2.05) is 11.0 Å². The number of nitrogens with zero attached hydrogens (tertiary/aromatic N) is 2. The maximum atomic E-state index is 12.5. The second kappa shape index (κ2) is 12.5. The molecule has 2 aromatic carbocycles. The molecular formula is C23H29F2N3O4. The van der Waals surface area contributed by atoms with Crippen molar-refractivity contribution in [2.45, 2.75) is 26.4 Å². The van der Waals surface area contributed by atoms with Crippen molar-refractivity contribution in [1.29, 1.82) is 0 Å². The van der Waals surface area contributed by atoms with Crippen LogP contribution >= 0.6 is 0 Å². The van der Waals surface area contributed by atoms with Crippen molar-refractivity contribution in [3.63, 3.8) is 0 Å². The average molecular weight is 449 g/mol. The number of anilines is 1. The number of nitrogens with two attached hydrogens (primary N) is 1. The van der Waals surface area contributed by atoms with Gasteiger partial charge in [0, 0.05) is 37.9 Å². The fourth-order valence-corrected chi connectivity index (χ4v) is 3.24. The number of hydrogen-bond acceptors (Lipinski definition) is 5. The molecular weight excluding hydrogens is 420 g/mol. The van der Waals surface area contributed by atoms with Gasteiger partial charge in [-0.2, -0.15) is 8.78 Å². The number of carbonyl (C=O) groups is 2. The smallest absolute Gasteiger partial charge is 0.387 e. The fourth-order valence-electron chi connectivity index (χ4n) is 3.24. The first-order chi connectivity index (χ1) is 15.3. The molecule has 0 radical (unpaired) electrons. The van der Waals surface area contributed by atoms with E-state index in [0.29, 0.717) is 31.9 Å². The van der Waals surface area contributed by atoms with Crippen molar-refractivity contribution < 1.29 is 27.8 Å². The lowest BCUT2D eigenvalue weighted by Crippen LogP contribution is -2.49. The molecule has 0 unspecified atom stereocenters. The van der Waals surface area contributed by atoms with Crippen LogP contribution in [0.15, 0.2) is 48.5 Å². The molecule has 32 heavy (non-hydrogen) atoms. The van der Waals surface area contributed by atoms with E-state index in [-0.39, 0.29) is 23.8 Å². The van der Waals surface area contributed by atoms with E-state index in [1.54, 1.807) is 17.0 Å². The number of carbonyl (C=O) groups excluding carboxylic acids is 2. The Bertz CT molecular complexity index is 873. The Morgan fingerprint density at radius 1 is 1.03 bits per heavy atom. The number of alkyl halides is 2. The highest BCUT2D eigenvalue weighted by Gasteiger charge is 2.23. The van der Waals surface area contributed by atoms with Gasteiger partial charge in [0.15, 0.2) is 11.5 Å². The molecule has 0 aromatic heterocycles. The molecule has 174 valence electrons. The number of rotatable bonds is 7. The van der Waals surface area contributed by atoms with Crippen LogP contribution in [0.1, 0.15) is 18.9 Å². The maximum Gasteiger partial charge on any atom is 0.387 e. The zero-order valence-corrected chi connectivity index (χ0v) is 18.3. The van der Waals surface area contributed by atoms with Gasteiger partial charge >= 0.3 is 6.61 Å². The summed E-state index contributed by atoms with van der Waals surface area (Å²) in [4.78, 5) is 26.1. The minimum absolute atomic E-state index is 0.0442. The number of piperazine rings is 1. The molecule has 2 N–H and O–H groups in total. The Morgan fingerprint density at radius 2 is 1.69 bits per heavy atom. The second-order valence-electron chi connectivity index (χ2n) is 7.06. The predicted octanol–water partition coefficient (Wildman–Crippen LogP) is 3.07. The molecule has 1 aliphatic rings. The largest absolute Gasteiger partial charge is 0.493 e. The monoisotopic (exact) mass is 449 g/mol. The number of ether oxygens (including phenoxy) is 2. The molecule has 1 heterocycles. The fraction of sp³-hybridized carbons (Fsp3) is 0.391. The number of aryl methyl sites for hydroxylation is 1. The highest BCUT2D eigenvalue weighted by atomic mass is 19.3. The molecule has 3 rings (SSSR count). The van der Waals surface area contributed by atoms with Crippen molar-refractivity contribution in [3.05, 3.63) is 54.1 Å². The summed E-state index contributed by atoms with van der Waals surface area (Å²) in [6, 6.07) is 15.2. The van der Waals surface area contributed by atoms with Gasteiger partial charge in [-0.25, -0.2) is 0 Å². The van der Waals surface area contributed by atoms with Crippen LogP contribution in [-0.4, -0.2) is 56.6 Å². The molecule has 1 aliphatic heterocycles. The van der Waals surface area contributed by atoms with Gasteiger partial charge in [0.1, 0.15) is 6.42 Å². The summed E-state index contributed by atoms with van der Waals surface area (Å²) in [5, 5.41) is 0. The second-order valence-corrected chi connectivity index (χ2v) is 7.06. The minimum Gasteiger partial charge on any atom is -0.493 e. The normalized spacial score (nSPS) is 13.3. The molecule has 1 fully saturated rings. The van der Waals surface area contributed by atoms with Gasteiger partial charge in [0.2, 0.25) is 11.8 Å². The molecule has 0 aliphatic carbocycles. The van der Waals surface area contributed by atoms with Crippen molar-refractivity contribution in [3.8, 4) is 11.5 Å². The van der Waals surface area contributed by atoms with Crippen LogP contribution in [0.2, 0.25) is 0 Å². The first-order valence-electron chi connectivity index (χ1n) is 10.3. The molecule has 0 spiro atoms. The van der Waals surface area contributed by atoms with Crippen molar-refractivity contribution >= 4 is 17.5 Å². The van der Waals surface area contributed by atoms with E-state index in [4.69, 9.17) is 10.5 Å². The van der Waals surface area contributed by atoms with Gasteiger partial charge in [-0.05, 0) is 24.1 Å². The van der Waals surface area contributed by atoms with E-state index < -0.39 is 12.5 Å². The number of amides is 2. The van der Waals surface area contributed by atoms with E-state index in [2.05, 4.69) is 35.9 Å². The summed E-state index contributed by atoms with van der Waals surface area (Å²) in [5.74, 6) is -0.795. The first-order valence-corrected chi connectivity index (χ1v) is 10.3. The average Bonchev–Trinajstić information content (AvgIpc) is 2.79. The van der Waals surface area contributed by atoms with E-state index in [0.717, 1.165) is 6.42 Å². The molecule has 0 saturated carbocycles. The predicted molar refractivity (Wildman–Crippen MR) is 118 cm³/mol. The topological polar surface area (TPSA) is 85.1 Å². The molecule has 7 nitrogen and oxygen atoms in total. The Balaban J connectivity index is 0.000000380. The van der Waals surface area contributed by atoms with Crippen molar-refractivity contribution in [2.24, 2.45) is 5.73 Å². The number of halogens is 2. The first kappa shape index (κ1) is 24.9. The van der Waals surface area contributed by atoms with Crippen LogP contribution in [0, 0.1) is 0 Å². The zero-order valence-electron chi connectivity index (χ0n) is 18.3. The van der Waals surface area contributed by atoms with Gasteiger partial charge in [-0.15, -0.1) is 0 Å². The standard InChI is InChI=1S/C15H19F2N3O4.C8H10/c1-23-11-3-2-10(8-12(11)24-15(16)17)19-4-6-20(7-5-19)14(22)9-13(18)21;1-2-8-6-4-3-5-7-8/h2-3,8,15H,4-7,9H2,1H3,(H2,18,21);3-7H,2H2,1H3. The third-order valence-corrected chi connectivity index (χ3v) is 4.94. The Hall–Kier alpha value is -3.36. The summed E-state index contributed by atoms with van der Waals surface area (Å²) < 4.78 is 34.4. The molecule has 9 heteroatoms. The molecule has 2 aromatic rings. The third kappa shape index (κ3) is 7.72. The highest BCUT2D eigenvalue weighted by Crippen LogP contribution is 2.33. The van der Waals surface area contributed by atoms with E-state index in [1.165, 1.54) is 18.7 Å². The Morgan fingerprint density at radius 3 is 2.19 bits per heavy atom. The maximum absolute atomic E-state index is 12.5. The summed E-state index contributed by atoms with van der Waals surface area (Å²) in [5.41, 5.74) is 7.12. The summed E-state index contributed by atoms with van der Waals surface area (Å²) in [7, 11) is 1.37. The minimum atomic E-state index is -2.95. The lowest BCUT2D eigenvalue weighted by molar-refractivity contribution is -0.135. The quantitative estimate of drug-likeness (QED) is 0.657. The molecule has 1 saturated heterocycles. The van der Waals surface area contributed by atoms with Gasteiger partial charge in [0.25, 0.3) is 0 Å². The van der Waals surface area contributed by atoms with Crippen molar-refractivity contribution in [1.82, 2.24) is 4.90 Å². The van der Waals surface area contributed by atoms with Crippen molar-refractivity contribution in [2.75, 3.05) is 38.2 Å².